The number of rotatable bonds is 3. The summed E-state index contributed by atoms with van der Waals surface area (Å²) in [5.74, 6) is 1.06. The number of hydrogen-bond donors (Lipinski definition) is 2. The number of aromatic amines is 1. The molecule has 0 bridgehead atoms. The summed E-state index contributed by atoms with van der Waals surface area (Å²) in [5, 5.41) is 25.6. The SMILES string of the molecule is O[C@]1(c2cn[nH]n2)CCCN(Cc2noc3c2CCCC3)C1. The van der Waals surface area contributed by atoms with Crippen molar-refractivity contribution in [2.75, 3.05) is 13.1 Å². The second kappa shape index (κ2) is 5.48. The van der Waals surface area contributed by atoms with E-state index in [4.69, 9.17) is 4.52 Å². The summed E-state index contributed by atoms with van der Waals surface area (Å²) in [5.41, 5.74) is 2.04. The molecule has 0 unspecified atom stereocenters. The number of H-pyrrole nitrogens is 1. The van der Waals surface area contributed by atoms with Crippen molar-refractivity contribution in [3.05, 3.63) is 28.9 Å². The predicted octanol–water partition coefficient (Wildman–Crippen LogP) is 1.16. The van der Waals surface area contributed by atoms with Gasteiger partial charge in [-0.1, -0.05) is 5.16 Å². The molecule has 2 aromatic rings. The Bertz CT molecular complexity index is 638. The van der Waals surface area contributed by atoms with Gasteiger partial charge in [-0.2, -0.15) is 15.4 Å². The third kappa shape index (κ3) is 2.44. The van der Waals surface area contributed by atoms with Crippen LogP contribution < -0.4 is 0 Å². The second-order valence-electron chi connectivity index (χ2n) is 6.44. The average molecular weight is 303 g/mol. The van der Waals surface area contributed by atoms with E-state index in [0.717, 1.165) is 43.8 Å². The topological polar surface area (TPSA) is 91.1 Å². The Hall–Kier alpha value is -1.73. The van der Waals surface area contributed by atoms with Gasteiger partial charge in [0.25, 0.3) is 0 Å². The van der Waals surface area contributed by atoms with Crippen LogP contribution in [0.4, 0.5) is 0 Å². The largest absolute Gasteiger partial charge is 0.382 e. The summed E-state index contributed by atoms with van der Waals surface area (Å²) < 4.78 is 5.49. The van der Waals surface area contributed by atoms with Crippen molar-refractivity contribution in [1.29, 1.82) is 0 Å². The molecule has 7 heteroatoms. The van der Waals surface area contributed by atoms with Gasteiger partial charge >= 0.3 is 0 Å². The molecule has 22 heavy (non-hydrogen) atoms. The number of likely N-dealkylation sites (tertiary alicyclic amines) is 1. The molecule has 2 N–H and O–H groups in total. The molecule has 2 aliphatic rings. The van der Waals surface area contributed by atoms with E-state index in [-0.39, 0.29) is 0 Å². The first kappa shape index (κ1) is 13.9. The van der Waals surface area contributed by atoms with Gasteiger partial charge in [-0.05, 0) is 38.6 Å². The number of nitrogens with zero attached hydrogens (tertiary/aromatic N) is 4. The lowest BCUT2D eigenvalue weighted by molar-refractivity contribution is -0.0419. The molecule has 0 amide bonds. The number of aromatic nitrogens is 4. The first-order valence-electron chi connectivity index (χ1n) is 8.02. The normalized spacial score (nSPS) is 26.0. The fourth-order valence-electron chi connectivity index (χ4n) is 3.68. The fraction of sp³-hybridized carbons (Fsp3) is 0.667. The third-order valence-corrected chi connectivity index (χ3v) is 4.85. The van der Waals surface area contributed by atoms with Crippen LogP contribution in [0.15, 0.2) is 10.7 Å². The molecule has 1 aliphatic heterocycles. The van der Waals surface area contributed by atoms with Crippen molar-refractivity contribution in [3.8, 4) is 0 Å². The smallest absolute Gasteiger partial charge is 0.140 e. The molecular weight excluding hydrogens is 282 g/mol. The van der Waals surface area contributed by atoms with Crippen molar-refractivity contribution in [1.82, 2.24) is 25.5 Å². The summed E-state index contributed by atoms with van der Waals surface area (Å²) >= 11 is 0. The van der Waals surface area contributed by atoms with E-state index in [1.807, 2.05) is 0 Å². The van der Waals surface area contributed by atoms with E-state index in [0.29, 0.717) is 18.7 Å². The van der Waals surface area contributed by atoms with E-state index in [1.165, 1.54) is 18.4 Å². The minimum atomic E-state index is -0.922. The first-order chi connectivity index (χ1) is 10.7. The minimum absolute atomic E-state index is 0.557. The van der Waals surface area contributed by atoms with E-state index < -0.39 is 5.60 Å². The van der Waals surface area contributed by atoms with Gasteiger partial charge in [-0.15, -0.1) is 0 Å². The zero-order valence-corrected chi connectivity index (χ0v) is 12.6. The van der Waals surface area contributed by atoms with Gasteiger partial charge in [0, 0.05) is 25.1 Å². The Morgan fingerprint density at radius 3 is 3.09 bits per heavy atom. The Labute approximate surface area is 128 Å². The first-order valence-corrected chi connectivity index (χ1v) is 8.02. The molecule has 0 radical (unpaired) electrons. The highest BCUT2D eigenvalue weighted by Crippen LogP contribution is 2.31. The van der Waals surface area contributed by atoms with Crippen LogP contribution in [0, 0.1) is 0 Å². The lowest BCUT2D eigenvalue weighted by Crippen LogP contribution is -2.46. The molecule has 0 saturated carbocycles. The number of hydrogen-bond acceptors (Lipinski definition) is 6. The maximum atomic E-state index is 10.9. The summed E-state index contributed by atoms with van der Waals surface area (Å²) in [6, 6.07) is 0. The molecular formula is C15H21N5O2. The Kier molecular flexibility index (Phi) is 3.46. The number of piperidine rings is 1. The van der Waals surface area contributed by atoms with E-state index in [1.54, 1.807) is 6.20 Å². The molecule has 0 aromatic carbocycles. The number of aliphatic hydroxyl groups is 1. The third-order valence-electron chi connectivity index (χ3n) is 4.85. The minimum Gasteiger partial charge on any atom is -0.382 e. The van der Waals surface area contributed by atoms with Crippen LogP contribution >= 0.6 is 0 Å². The van der Waals surface area contributed by atoms with Crippen LogP contribution in [0.2, 0.25) is 0 Å². The van der Waals surface area contributed by atoms with Gasteiger partial charge in [0.05, 0.1) is 6.20 Å². The molecule has 4 rings (SSSR count). The summed E-state index contributed by atoms with van der Waals surface area (Å²) in [7, 11) is 0. The molecule has 1 fully saturated rings. The monoisotopic (exact) mass is 303 g/mol. The van der Waals surface area contributed by atoms with E-state index in [9.17, 15) is 5.11 Å². The molecule has 1 saturated heterocycles. The van der Waals surface area contributed by atoms with Gasteiger partial charge < -0.3 is 9.63 Å². The second-order valence-corrected chi connectivity index (χ2v) is 6.44. The maximum Gasteiger partial charge on any atom is 0.140 e. The van der Waals surface area contributed by atoms with Crippen LogP contribution in [0.3, 0.4) is 0 Å². The quantitative estimate of drug-likeness (QED) is 0.884. The fourth-order valence-corrected chi connectivity index (χ4v) is 3.68. The van der Waals surface area contributed by atoms with Crippen LogP contribution in [-0.4, -0.2) is 43.7 Å². The summed E-state index contributed by atoms with van der Waals surface area (Å²) in [6.07, 6.45) is 7.74. The van der Waals surface area contributed by atoms with Gasteiger partial charge in [0.15, 0.2) is 0 Å². The molecule has 1 atom stereocenters. The van der Waals surface area contributed by atoms with E-state index >= 15 is 0 Å². The summed E-state index contributed by atoms with van der Waals surface area (Å²) in [6.45, 7) is 2.25. The van der Waals surface area contributed by atoms with Gasteiger partial charge in [0.1, 0.15) is 22.7 Å². The molecule has 1 aliphatic carbocycles. The molecule has 7 nitrogen and oxygen atoms in total. The van der Waals surface area contributed by atoms with Crippen LogP contribution in [0.5, 0.6) is 0 Å². The van der Waals surface area contributed by atoms with Crippen LogP contribution in [0.25, 0.3) is 0 Å². The lowest BCUT2D eigenvalue weighted by atomic mass is 9.89. The molecule has 0 spiro atoms. The highest BCUT2D eigenvalue weighted by molar-refractivity contribution is 5.25. The molecule has 3 heterocycles. The lowest BCUT2D eigenvalue weighted by Gasteiger charge is -2.37. The average Bonchev–Trinajstić information content (AvgIpc) is 3.18. The number of β-amino-alcohol motifs (C(OH)–C–C–N with tert-alkyl or cyclic N) is 1. The Morgan fingerprint density at radius 1 is 1.32 bits per heavy atom. The van der Waals surface area contributed by atoms with Crippen molar-refractivity contribution in [2.45, 2.75) is 50.7 Å². The van der Waals surface area contributed by atoms with Crippen LogP contribution in [0.1, 0.15) is 48.4 Å². The molecule has 118 valence electrons. The van der Waals surface area contributed by atoms with Gasteiger partial charge in [-0.3, -0.25) is 4.90 Å². The Morgan fingerprint density at radius 2 is 2.23 bits per heavy atom. The van der Waals surface area contributed by atoms with Crippen LogP contribution in [-0.2, 0) is 25.0 Å². The van der Waals surface area contributed by atoms with Crippen molar-refractivity contribution in [3.63, 3.8) is 0 Å². The molecule has 2 aromatic heterocycles. The number of fused-ring (bicyclic) bond motifs is 1. The van der Waals surface area contributed by atoms with Crippen molar-refractivity contribution in [2.24, 2.45) is 0 Å². The summed E-state index contributed by atoms with van der Waals surface area (Å²) in [4.78, 5) is 2.24. The van der Waals surface area contributed by atoms with Gasteiger partial charge in [-0.25, -0.2) is 0 Å². The zero-order chi connectivity index (χ0) is 15.0. The predicted molar refractivity (Wildman–Crippen MR) is 77.9 cm³/mol. The van der Waals surface area contributed by atoms with Crippen molar-refractivity contribution >= 4 is 0 Å². The van der Waals surface area contributed by atoms with Gasteiger partial charge in [0.2, 0.25) is 0 Å². The maximum absolute atomic E-state index is 10.9. The highest BCUT2D eigenvalue weighted by atomic mass is 16.5. The Balaban J connectivity index is 1.50. The zero-order valence-electron chi connectivity index (χ0n) is 12.6. The highest BCUT2D eigenvalue weighted by Gasteiger charge is 2.37. The van der Waals surface area contributed by atoms with E-state index in [2.05, 4.69) is 25.5 Å². The number of aryl methyl sites for hydroxylation is 1. The number of nitrogens with one attached hydrogen (secondary N) is 1. The van der Waals surface area contributed by atoms with Crippen molar-refractivity contribution < 1.29 is 9.63 Å². The standard InChI is InChI=1S/C15H21N5O2/c21-15(14-8-16-19-17-14)6-3-7-20(10-15)9-12-11-4-1-2-5-13(11)22-18-12/h8,21H,1-7,9-10H2,(H,16,17,19)/t15-/m1/s1.